The number of ether oxygens (including phenoxy) is 1. The third-order valence-electron chi connectivity index (χ3n) is 9.93. The van der Waals surface area contributed by atoms with E-state index in [0.717, 1.165) is 33.1 Å². The second-order valence-electron chi connectivity index (χ2n) is 13.4. The van der Waals surface area contributed by atoms with Crippen LogP contribution in [0.25, 0.3) is 21.9 Å². The van der Waals surface area contributed by atoms with Crippen LogP contribution in [0.2, 0.25) is 0 Å². The van der Waals surface area contributed by atoms with Gasteiger partial charge in [-0.25, -0.2) is 19.2 Å². The summed E-state index contributed by atoms with van der Waals surface area (Å²) in [6.07, 6.45) is 3.31. The van der Waals surface area contributed by atoms with E-state index < -0.39 is 42.0 Å². The number of nitrogens with zero attached hydrogens (tertiary/aromatic N) is 2. The molecule has 14 nitrogen and oxygen atoms in total. The van der Waals surface area contributed by atoms with Crippen LogP contribution in [0.4, 0.5) is 9.59 Å². The molecular formula is C39H45N7O7. The molecule has 0 aliphatic carbocycles. The number of imidazole rings is 1. The number of hydrogen-bond acceptors (Lipinski definition) is 6. The SMILES string of the molecule is CC(c1c[nH]c2ccccc12)C(NC(=O)N1CCC(n2c(=O)[nH]c3ccccc32)CC1)C(=O)N[C@@H](CCCCNC(=O)OCc1ccccc1)C(=O)O. The lowest BCUT2D eigenvalue weighted by molar-refractivity contribution is -0.142. The molecule has 1 saturated heterocycles. The zero-order valence-corrected chi connectivity index (χ0v) is 29.5. The van der Waals surface area contributed by atoms with Gasteiger partial charge >= 0.3 is 23.8 Å². The van der Waals surface area contributed by atoms with Crippen molar-refractivity contribution in [3.8, 4) is 0 Å². The largest absolute Gasteiger partial charge is 0.480 e. The van der Waals surface area contributed by atoms with Gasteiger partial charge in [0.15, 0.2) is 0 Å². The smallest absolute Gasteiger partial charge is 0.407 e. The number of nitrogens with one attached hydrogen (secondary N) is 5. The Labute approximate surface area is 305 Å². The molecule has 0 saturated carbocycles. The minimum absolute atomic E-state index is 0.0987. The molecule has 1 fully saturated rings. The summed E-state index contributed by atoms with van der Waals surface area (Å²) >= 11 is 0. The molecular weight excluding hydrogens is 678 g/mol. The van der Waals surface area contributed by atoms with Gasteiger partial charge < -0.3 is 40.7 Å². The number of piperidine rings is 1. The van der Waals surface area contributed by atoms with E-state index in [0.29, 0.717) is 38.8 Å². The fourth-order valence-corrected chi connectivity index (χ4v) is 7.01. The summed E-state index contributed by atoms with van der Waals surface area (Å²) in [4.78, 5) is 72.6. The average molecular weight is 724 g/mol. The van der Waals surface area contributed by atoms with E-state index >= 15 is 0 Å². The van der Waals surface area contributed by atoms with Gasteiger partial charge in [-0.15, -0.1) is 0 Å². The van der Waals surface area contributed by atoms with Crippen LogP contribution < -0.4 is 21.6 Å². The Morgan fingerprint density at radius 1 is 0.906 bits per heavy atom. The maximum Gasteiger partial charge on any atom is 0.407 e. The number of likely N-dealkylation sites (tertiary alicyclic amines) is 1. The van der Waals surface area contributed by atoms with Crippen LogP contribution in [0.1, 0.15) is 62.1 Å². The minimum atomic E-state index is -1.22. The highest BCUT2D eigenvalue weighted by molar-refractivity contribution is 5.92. The third kappa shape index (κ3) is 8.88. The fourth-order valence-electron chi connectivity index (χ4n) is 7.01. The number of carbonyl (C=O) groups is 4. The van der Waals surface area contributed by atoms with Crippen LogP contribution in [0.3, 0.4) is 0 Å². The molecule has 0 spiro atoms. The van der Waals surface area contributed by atoms with E-state index in [-0.39, 0.29) is 31.3 Å². The Morgan fingerprint density at radius 3 is 2.36 bits per heavy atom. The Balaban J connectivity index is 1.07. The maximum absolute atomic E-state index is 14.0. The Morgan fingerprint density at radius 2 is 1.60 bits per heavy atom. The first-order valence-electron chi connectivity index (χ1n) is 18.0. The number of aromatic amines is 2. The molecule has 278 valence electrons. The van der Waals surface area contributed by atoms with Crippen molar-refractivity contribution >= 4 is 45.9 Å². The van der Waals surface area contributed by atoms with Crippen molar-refractivity contribution in [1.82, 2.24) is 35.4 Å². The summed E-state index contributed by atoms with van der Waals surface area (Å²) in [5.74, 6) is -2.35. The number of carboxylic acids is 1. The molecule has 5 aromatic rings. The first-order valence-corrected chi connectivity index (χ1v) is 18.0. The predicted molar refractivity (Wildman–Crippen MR) is 199 cm³/mol. The molecule has 6 rings (SSSR count). The first kappa shape index (κ1) is 36.7. The van der Waals surface area contributed by atoms with Crippen molar-refractivity contribution in [1.29, 1.82) is 0 Å². The number of urea groups is 1. The molecule has 1 aliphatic heterocycles. The Hall–Kier alpha value is -6.05. The van der Waals surface area contributed by atoms with Crippen LogP contribution in [-0.2, 0) is 20.9 Å². The summed E-state index contributed by atoms with van der Waals surface area (Å²) in [5, 5.41) is 19.2. The number of H-pyrrole nitrogens is 2. The predicted octanol–water partition coefficient (Wildman–Crippen LogP) is 5.00. The average Bonchev–Trinajstić information content (AvgIpc) is 3.76. The van der Waals surface area contributed by atoms with Gasteiger partial charge in [0.1, 0.15) is 18.7 Å². The molecule has 0 bridgehead atoms. The molecule has 3 heterocycles. The number of aliphatic carboxylic acids is 1. The number of carboxylic acid groups (broad SMARTS) is 1. The highest BCUT2D eigenvalue weighted by Gasteiger charge is 2.34. The van der Waals surface area contributed by atoms with Crippen LogP contribution >= 0.6 is 0 Å². The quantitative estimate of drug-likeness (QED) is 0.0870. The van der Waals surface area contributed by atoms with Gasteiger partial charge in [-0.3, -0.25) is 9.36 Å². The molecule has 2 unspecified atom stereocenters. The maximum atomic E-state index is 14.0. The highest BCUT2D eigenvalue weighted by atomic mass is 16.5. The molecule has 3 aromatic carbocycles. The summed E-state index contributed by atoms with van der Waals surface area (Å²) in [6.45, 7) is 2.97. The molecule has 53 heavy (non-hydrogen) atoms. The first-order chi connectivity index (χ1) is 25.7. The lowest BCUT2D eigenvalue weighted by Crippen LogP contribution is -2.56. The number of fused-ring (bicyclic) bond motifs is 2. The normalized spacial score (nSPS) is 15.1. The van der Waals surface area contributed by atoms with Gasteiger partial charge in [-0.1, -0.05) is 67.6 Å². The van der Waals surface area contributed by atoms with Crippen molar-refractivity contribution in [3.63, 3.8) is 0 Å². The molecule has 3 atom stereocenters. The monoisotopic (exact) mass is 723 g/mol. The summed E-state index contributed by atoms with van der Waals surface area (Å²) < 4.78 is 6.96. The number of hydrogen-bond donors (Lipinski definition) is 6. The van der Waals surface area contributed by atoms with Crippen molar-refractivity contribution in [3.05, 3.63) is 107 Å². The van der Waals surface area contributed by atoms with E-state index in [1.807, 2.05) is 85.8 Å². The number of alkyl carbamates (subject to hydrolysis) is 1. The van der Waals surface area contributed by atoms with Gasteiger partial charge in [0.25, 0.3) is 0 Å². The number of rotatable bonds is 14. The number of para-hydroxylation sites is 3. The second kappa shape index (κ2) is 17.0. The van der Waals surface area contributed by atoms with Crippen LogP contribution in [0.5, 0.6) is 0 Å². The van der Waals surface area contributed by atoms with Gasteiger partial charge in [0.2, 0.25) is 5.91 Å². The zero-order valence-electron chi connectivity index (χ0n) is 29.5. The zero-order chi connectivity index (χ0) is 37.3. The number of unbranched alkanes of at least 4 members (excludes halogenated alkanes) is 1. The van der Waals surface area contributed by atoms with E-state index in [1.54, 1.807) is 15.7 Å². The summed E-state index contributed by atoms with van der Waals surface area (Å²) in [6, 6.07) is 21.6. The van der Waals surface area contributed by atoms with E-state index in [9.17, 15) is 29.1 Å². The number of benzene rings is 3. The van der Waals surface area contributed by atoms with Crippen molar-refractivity contribution in [2.45, 2.75) is 69.7 Å². The van der Waals surface area contributed by atoms with Gasteiger partial charge in [-0.05, 0) is 61.4 Å². The summed E-state index contributed by atoms with van der Waals surface area (Å²) in [7, 11) is 0. The fraction of sp³-hybridized carbons (Fsp3) is 0.359. The third-order valence-corrected chi connectivity index (χ3v) is 9.93. The molecule has 2 aromatic heterocycles. The van der Waals surface area contributed by atoms with Crippen LogP contribution in [0, 0.1) is 0 Å². The molecule has 14 heteroatoms. The Bertz CT molecular complexity index is 2100. The number of amides is 4. The topological polar surface area (TPSA) is 191 Å². The van der Waals surface area contributed by atoms with Crippen molar-refractivity contribution < 1.29 is 29.0 Å². The lowest BCUT2D eigenvalue weighted by atomic mass is 9.91. The van der Waals surface area contributed by atoms with Crippen LogP contribution in [0.15, 0.2) is 89.9 Å². The van der Waals surface area contributed by atoms with Gasteiger partial charge in [0, 0.05) is 48.7 Å². The molecule has 1 aliphatic rings. The lowest BCUT2D eigenvalue weighted by Gasteiger charge is -2.34. The van der Waals surface area contributed by atoms with Gasteiger partial charge in [-0.2, -0.15) is 0 Å². The second-order valence-corrected chi connectivity index (χ2v) is 13.4. The summed E-state index contributed by atoms with van der Waals surface area (Å²) in [5.41, 5.74) is 3.92. The van der Waals surface area contributed by atoms with Gasteiger partial charge in [0.05, 0.1) is 11.0 Å². The Kier molecular flexibility index (Phi) is 11.8. The van der Waals surface area contributed by atoms with E-state index in [4.69, 9.17) is 4.74 Å². The van der Waals surface area contributed by atoms with Crippen molar-refractivity contribution in [2.75, 3.05) is 19.6 Å². The molecule has 4 amide bonds. The highest BCUT2D eigenvalue weighted by Crippen LogP contribution is 2.29. The van der Waals surface area contributed by atoms with Crippen molar-refractivity contribution in [2.24, 2.45) is 0 Å². The number of aromatic nitrogens is 3. The van der Waals surface area contributed by atoms with E-state index in [2.05, 4.69) is 25.9 Å². The minimum Gasteiger partial charge on any atom is -0.480 e. The van der Waals surface area contributed by atoms with Crippen LogP contribution in [-0.4, -0.2) is 80.3 Å². The van der Waals surface area contributed by atoms with E-state index in [1.165, 1.54) is 0 Å². The molecule has 6 N–H and O–H groups in total. The molecule has 0 radical (unpaired) electrons. The standard InChI is InChI=1S/C39H45N7O7/c1-25(29-23-41-30-14-6-5-13-28(29)30)34(44-37(50)45-21-18-27(19-22-45)46-33-17-8-7-15-31(33)43-38(46)51)35(47)42-32(36(48)49)16-9-10-20-40-39(52)53-24-26-11-3-2-4-12-26/h2-8,11-15,17,23,25,27,32,34,41H,9-10,16,18-22,24H2,1H3,(H,40,52)(H,42,47)(H,43,51)(H,44,50)(H,48,49)/t25?,32-,34?/m0/s1. The number of carbonyl (C=O) groups excluding carboxylic acids is 3.